The fourth-order valence-electron chi connectivity index (χ4n) is 5.24. The zero-order valence-corrected chi connectivity index (χ0v) is 22.8. The molecule has 0 N–H and O–H groups in total. The van der Waals surface area contributed by atoms with E-state index < -0.39 is 0 Å². The van der Waals surface area contributed by atoms with Gasteiger partial charge >= 0.3 is 0 Å². The van der Waals surface area contributed by atoms with Gasteiger partial charge in [0.15, 0.2) is 0 Å². The molecule has 0 unspecified atom stereocenters. The fraction of sp³-hybridized carbons (Fsp3) is 0. The van der Waals surface area contributed by atoms with E-state index >= 15 is 0 Å². The van der Waals surface area contributed by atoms with Gasteiger partial charge in [0.05, 0.1) is 11.4 Å². The molecule has 3 aromatic carbocycles. The van der Waals surface area contributed by atoms with Crippen molar-refractivity contribution in [2.75, 3.05) is 0 Å². The number of benzene rings is 3. The zero-order chi connectivity index (χ0) is 28.1. The van der Waals surface area contributed by atoms with Crippen molar-refractivity contribution in [3.63, 3.8) is 0 Å². The van der Waals surface area contributed by atoms with Crippen LogP contribution in [-0.4, -0.2) is 19.9 Å². The Hall–Kier alpha value is -5.74. The lowest BCUT2D eigenvalue weighted by atomic mass is 9.94. The van der Waals surface area contributed by atoms with Gasteiger partial charge in [-0.2, -0.15) is 0 Å². The molecule has 0 spiro atoms. The highest BCUT2D eigenvalue weighted by molar-refractivity contribution is 5.83. The summed E-state index contributed by atoms with van der Waals surface area (Å²) in [7, 11) is 0. The van der Waals surface area contributed by atoms with Gasteiger partial charge < -0.3 is 0 Å². The third-order valence-corrected chi connectivity index (χ3v) is 7.35. The quantitative estimate of drug-likeness (QED) is 0.212. The summed E-state index contributed by atoms with van der Waals surface area (Å²) in [6, 6.07) is 42.2. The minimum atomic E-state index is 0.911. The van der Waals surface area contributed by atoms with E-state index in [0.29, 0.717) is 0 Å². The summed E-state index contributed by atoms with van der Waals surface area (Å²) >= 11 is 0. The number of pyridine rings is 4. The minimum absolute atomic E-state index is 0.911. The van der Waals surface area contributed by atoms with Gasteiger partial charge in [-0.05, 0) is 129 Å². The van der Waals surface area contributed by atoms with Crippen molar-refractivity contribution >= 4 is 0 Å². The molecule has 0 fully saturated rings. The van der Waals surface area contributed by atoms with Crippen LogP contribution in [0.5, 0.6) is 0 Å². The highest BCUT2D eigenvalue weighted by Crippen LogP contribution is 2.35. The van der Waals surface area contributed by atoms with Crippen LogP contribution in [-0.2, 0) is 0 Å². The van der Waals surface area contributed by atoms with Crippen LogP contribution >= 0.6 is 0 Å². The second kappa shape index (κ2) is 11.4. The SMILES string of the molecule is c1ccc(-c2cc(-c3ccncc3)cc(-c3cccc(-c4cc(-c5ccncc5)cc(-c5ccncc5)c4)n3)c2)cc1. The van der Waals surface area contributed by atoms with Crippen LogP contribution in [0.2, 0.25) is 0 Å². The van der Waals surface area contributed by atoms with Crippen LogP contribution < -0.4 is 0 Å². The van der Waals surface area contributed by atoms with E-state index in [9.17, 15) is 0 Å². The Morgan fingerprint density at radius 3 is 0.976 bits per heavy atom. The summed E-state index contributed by atoms with van der Waals surface area (Å²) in [5.41, 5.74) is 12.9. The van der Waals surface area contributed by atoms with Crippen molar-refractivity contribution in [3.05, 3.63) is 159 Å². The molecule has 198 valence electrons. The molecular weight excluding hydrogens is 512 g/mol. The van der Waals surface area contributed by atoms with Gasteiger partial charge in [0, 0.05) is 48.3 Å². The van der Waals surface area contributed by atoms with Gasteiger partial charge in [-0.1, -0.05) is 36.4 Å². The van der Waals surface area contributed by atoms with E-state index in [4.69, 9.17) is 4.98 Å². The number of rotatable bonds is 6. The standard InChI is InChI=1S/C38H26N4/c1-2-5-27(6-3-1)31-21-32(28-9-15-39-16-10-28)24-35(23-31)37-7-4-8-38(42-37)36-25-33(29-11-17-40-18-12-29)22-34(26-36)30-13-19-41-20-14-30/h1-26H. The molecule has 4 aromatic heterocycles. The molecule has 7 rings (SSSR count). The molecule has 0 saturated heterocycles. The van der Waals surface area contributed by atoms with E-state index in [1.807, 2.05) is 79.6 Å². The summed E-state index contributed by atoms with van der Waals surface area (Å²) < 4.78 is 0. The largest absolute Gasteiger partial charge is 0.265 e. The normalized spacial score (nSPS) is 10.9. The number of hydrogen-bond donors (Lipinski definition) is 0. The molecular formula is C38H26N4. The van der Waals surface area contributed by atoms with Crippen LogP contribution in [0.4, 0.5) is 0 Å². The summed E-state index contributed by atoms with van der Waals surface area (Å²) in [5.74, 6) is 0. The highest BCUT2D eigenvalue weighted by atomic mass is 14.7. The molecule has 4 nitrogen and oxygen atoms in total. The van der Waals surface area contributed by atoms with Gasteiger partial charge in [-0.15, -0.1) is 0 Å². The average molecular weight is 539 g/mol. The molecule has 4 heterocycles. The monoisotopic (exact) mass is 538 g/mol. The van der Waals surface area contributed by atoms with Crippen LogP contribution in [0.1, 0.15) is 0 Å². The van der Waals surface area contributed by atoms with Crippen LogP contribution in [0.3, 0.4) is 0 Å². The molecule has 7 aromatic rings. The second-order valence-corrected chi connectivity index (χ2v) is 10.1. The lowest BCUT2D eigenvalue weighted by Crippen LogP contribution is -1.92. The van der Waals surface area contributed by atoms with E-state index in [1.54, 1.807) is 0 Å². The lowest BCUT2D eigenvalue weighted by Gasteiger charge is -2.13. The van der Waals surface area contributed by atoms with Crippen LogP contribution in [0, 0.1) is 0 Å². The highest BCUT2D eigenvalue weighted by Gasteiger charge is 2.12. The summed E-state index contributed by atoms with van der Waals surface area (Å²) in [6.07, 6.45) is 11.0. The first-order valence-electron chi connectivity index (χ1n) is 13.8. The lowest BCUT2D eigenvalue weighted by molar-refractivity contribution is 1.31. The van der Waals surface area contributed by atoms with Crippen molar-refractivity contribution < 1.29 is 0 Å². The number of nitrogens with zero attached hydrogens (tertiary/aromatic N) is 4. The number of hydrogen-bond acceptors (Lipinski definition) is 4. The molecule has 0 aliphatic carbocycles. The van der Waals surface area contributed by atoms with E-state index in [0.717, 1.165) is 67.0 Å². The minimum Gasteiger partial charge on any atom is -0.265 e. The first-order valence-corrected chi connectivity index (χ1v) is 13.8. The predicted molar refractivity (Wildman–Crippen MR) is 170 cm³/mol. The van der Waals surface area contributed by atoms with E-state index in [1.165, 1.54) is 0 Å². The first kappa shape index (κ1) is 25.2. The Bertz CT molecular complexity index is 1700. The fourth-order valence-corrected chi connectivity index (χ4v) is 5.24. The molecule has 0 radical (unpaired) electrons. The maximum Gasteiger partial charge on any atom is 0.0709 e. The van der Waals surface area contributed by atoms with Crippen molar-refractivity contribution in [3.8, 4) is 67.0 Å². The molecule has 0 bridgehead atoms. The third-order valence-electron chi connectivity index (χ3n) is 7.35. The van der Waals surface area contributed by atoms with Crippen LogP contribution in [0.15, 0.2) is 159 Å². The Morgan fingerprint density at radius 1 is 0.262 bits per heavy atom. The maximum absolute atomic E-state index is 5.22. The zero-order valence-electron chi connectivity index (χ0n) is 22.8. The van der Waals surface area contributed by atoms with E-state index in [2.05, 4.69) is 93.8 Å². The Labute approximate surface area is 245 Å². The maximum atomic E-state index is 5.22. The van der Waals surface area contributed by atoms with Crippen molar-refractivity contribution in [1.82, 2.24) is 19.9 Å². The number of aromatic nitrogens is 4. The van der Waals surface area contributed by atoms with Gasteiger partial charge in [0.2, 0.25) is 0 Å². The van der Waals surface area contributed by atoms with Crippen molar-refractivity contribution in [2.45, 2.75) is 0 Å². The van der Waals surface area contributed by atoms with Gasteiger partial charge in [0.1, 0.15) is 0 Å². The second-order valence-electron chi connectivity index (χ2n) is 10.1. The molecule has 0 aliphatic heterocycles. The molecule has 4 heteroatoms. The van der Waals surface area contributed by atoms with E-state index in [-0.39, 0.29) is 0 Å². The Balaban J connectivity index is 1.37. The van der Waals surface area contributed by atoms with Gasteiger partial charge in [-0.3, -0.25) is 15.0 Å². The smallest absolute Gasteiger partial charge is 0.0709 e. The third kappa shape index (κ3) is 5.34. The first-order chi connectivity index (χ1) is 20.8. The van der Waals surface area contributed by atoms with Crippen molar-refractivity contribution in [2.24, 2.45) is 0 Å². The van der Waals surface area contributed by atoms with Gasteiger partial charge in [0.25, 0.3) is 0 Å². The Morgan fingerprint density at radius 2 is 0.595 bits per heavy atom. The molecule has 0 aliphatic rings. The average Bonchev–Trinajstić information content (AvgIpc) is 3.09. The van der Waals surface area contributed by atoms with Crippen LogP contribution in [0.25, 0.3) is 67.0 Å². The van der Waals surface area contributed by atoms with Gasteiger partial charge in [-0.25, -0.2) is 4.98 Å². The Kier molecular flexibility index (Phi) is 6.85. The van der Waals surface area contributed by atoms with Crippen molar-refractivity contribution in [1.29, 1.82) is 0 Å². The summed E-state index contributed by atoms with van der Waals surface area (Å²) in [4.78, 5) is 17.9. The molecule has 0 atom stereocenters. The topological polar surface area (TPSA) is 51.6 Å². The molecule has 0 saturated carbocycles. The molecule has 0 amide bonds. The summed E-state index contributed by atoms with van der Waals surface area (Å²) in [6.45, 7) is 0. The molecule has 42 heavy (non-hydrogen) atoms. The predicted octanol–water partition coefficient (Wildman–Crippen LogP) is 9.27. The summed E-state index contributed by atoms with van der Waals surface area (Å²) in [5, 5.41) is 0.